The Balaban J connectivity index is 2.03. The SMILES string of the molecule is Cc1ccc(OCCCC(=O)N(Cc2ccccc2F)[C@H](C)C(=O)NC(C)(C)C)cc1. The van der Waals surface area contributed by atoms with Gasteiger partial charge in [-0.2, -0.15) is 0 Å². The number of nitrogens with one attached hydrogen (secondary N) is 1. The zero-order valence-corrected chi connectivity index (χ0v) is 19.1. The van der Waals surface area contributed by atoms with E-state index in [0.29, 0.717) is 18.6 Å². The predicted octanol–water partition coefficient (Wildman–Crippen LogP) is 4.63. The van der Waals surface area contributed by atoms with Gasteiger partial charge in [0.25, 0.3) is 0 Å². The molecular weight excluding hydrogens is 395 g/mol. The van der Waals surface area contributed by atoms with Crippen molar-refractivity contribution in [2.75, 3.05) is 6.61 Å². The van der Waals surface area contributed by atoms with Crippen molar-refractivity contribution in [1.82, 2.24) is 10.2 Å². The molecule has 0 aliphatic carbocycles. The van der Waals surface area contributed by atoms with Crippen LogP contribution in [0, 0.1) is 12.7 Å². The highest BCUT2D eigenvalue weighted by Crippen LogP contribution is 2.16. The lowest BCUT2D eigenvalue weighted by Gasteiger charge is -2.31. The first-order valence-electron chi connectivity index (χ1n) is 10.6. The van der Waals surface area contributed by atoms with E-state index in [-0.39, 0.29) is 24.8 Å². The fourth-order valence-electron chi connectivity index (χ4n) is 3.06. The minimum atomic E-state index is -0.732. The predicted molar refractivity (Wildman–Crippen MR) is 120 cm³/mol. The van der Waals surface area contributed by atoms with Crippen LogP contribution in [0.3, 0.4) is 0 Å². The van der Waals surface area contributed by atoms with Crippen molar-refractivity contribution in [2.45, 2.75) is 65.6 Å². The van der Waals surface area contributed by atoms with Gasteiger partial charge >= 0.3 is 0 Å². The summed E-state index contributed by atoms with van der Waals surface area (Å²) in [5, 5.41) is 2.90. The van der Waals surface area contributed by atoms with E-state index in [0.717, 1.165) is 11.3 Å². The first kappa shape index (κ1) is 24.4. The van der Waals surface area contributed by atoms with Gasteiger partial charge in [-0.25, -0.2) is 4.39 Å². The highest BCUT2D eigenvalue weighted by Gasteiger charge is 2.28. The monoisotopic (exact) mass is 428 g/mol. The molecule has 1 atom stereocenters. The minimum absolute atomic E-state index is 0.0308. The van der Waals surface area contributed by atoms with Crippen molar-refractivity contribution < 1.29 is 18.7 Å². The molecule has 0 heterocycles. The Kier molecular flexibility index (Phi) is 8.60. The topological polar surface area (TPSA) is 58.6 Å². The molecule has 31 heavy (non-hydrogen) atoms. The molecule has 0 unspecified atom stereocenters. The molecule has 6 heteroatoms. The zero-order valence-electron chi connectivity index (χ0n) is 19.1. The van der Waals surface area contributed by atoms with Crippen LogP contribution in [-0.4, -0.2) is 34.9 Å². The molecular formula is C25H33FN2O3. The van der Waals surface area contributed by atoms with E-state index >= 15 is 0 Å². The van der Waals surface area contributed by atoms with Crippen LogP contribution in [0.1, 0.15) is 51.7 Å². The summed E-state index contributed by atoms with van der Waals surface area (Å²) in [5.74, 6) is -0.133. The van der Waals surface area contributed by atoms with Crippen LogP contribution in [0.4, 0.5) is 4.39 Å². The third kappa shape index (κ3) is 8.04. The Bertz CT molecular complexity index is 875. The summed E-state index contributed by atoms with van der Waals surface area (Å²) < 4.78 is 19.9. The average Bonchev–Trinajstić information content (AvgIpc) is 2.70. The van der Waals surface area contributed by atoms with Crippen LogP contribution in [-0.2, 0) is 16.1 Å². The highest BCUT2D eigenvalue weighted by molar-refractivity contribution is 5.87. The molecule has 2 rings (SSSR count). The number of carbonyl (C=O) groups is 2. The van der Waals surface area contributed by atoms with Crippen LogP contribution >= 0.6 is 0 Å². The molecule has 0 aliphatic rings. The molecule has 0 bridgehead atoms. The zero-order chi connectivity index (χ0) is 23.0. The van der Waals surface area contributed by atoms with Gasteiger partial charge < -0.3 is 15.0 Å². The quantitative estimate of drug-likeness (QED) is 0.593. The Hall–Kier alpha value is -2.89. The van der Waals surface area contributed by atoms with E-state index in [1.165, 1.54) is 11.0 Å². The van der Waals surface area contributed by atoms with E-state index in [9.17, 15) is 14.0 Å². The number of aryl methyl sites for hydroxylation is 1. The second-order valence-corrected chi connectivity index (χ2v) is 8.79. The summed E-state index contributed by atoms with van der Waals surface area (Å²) in [4.78, 5) is 27.1. The summed E-state index contributed by atoms with van der Waals surface area (Å²) in [6.45, 7) is 9.72. The Morgan fingerprint density at radius 3 is 2.35 bits per heavy atom. The third-order valence-electron chi connectivity index (χ3n) is 4.79. The molecule has 168 valence electrons. The molecule has 0 spiro atoms. The molecule has 0 aliphatic heterocycles. The molecule has 2 aromatic rings. The molecule has 5 nitrogen and oxygen atoms in total. The van der Waals surface area contributed by atoms with Crippen LogP contribution in [0.25, 0.3) is 0 Å². The van der Waals surface area contributed by atoms with E-state index in [4.69, 9.17) is 4.74 Å². The Morgan fingerprint density at radius 2 is 1.74 bits per heavy atom. The van der Waals surface area contributed by atoms with Crippen molar-refractivity contribution in [2.24, 2.45) is 0 Å². The summed E-state index contributed by atoms with van der Waals surface area (Å²) >= 11 is 0. The number of amides is 2. The maximum atomic E-state index is 14.2. The lowest BCUT2D eigenvalue weighted by molar-refractivity contribution is -0.141. The maximum Gasteiger partial charge on any atom is 0.242 e. The summed E-state index contributed by atoms with van der Waals surface area (Å²) in [5.41, 5.74) is 1.09. The van der Waals surface area contributed by atoms with E-state index in [1.807, 2.05) is 52.0 Å². The number of carbonyl (C=O) groups excluding carboxylic acids is 2. The standard InChI is InChI=1S/C25H33FN2O3/c1-18-12-14-21(15-13-18)31-16-8-11-23(29)28(17-20-9-6-7-10-22(20)26)19(2)24(30)27-25(3,4)5/h6-7,9-10,12-15,19H,8,11,16-17H2,1-5H3,(H,27,30)/t19-/m1/s1. The molecule has 0 fully saturated rings. The van der Waals surface area contributed by atoms with Crippen molar-refractivity contribution >= 4 is 11.8 Å². The number of halogens is 1. The van der Waals surface area contributed by atoms with Gasteiger partial charge in [0.1, 0.15) is 17.6 Å². The van der Waals surface area contributed by atoms with Gasteiger partial charge in [0, 0.05) is 24.1 Å². The minimum Gasteiger partial charge on any atom is -0.494 e. The van der Waals surface area contributed by atoms with Gasteiger partial charge in [-0.3, -0.25) is 9.59 Å². The molecule has 0 saturated heterocycles. The molecule has 2 amide bonds. The van der Waals surface area contributed by atoms with Gasteiger partial charge in [-0.05, 0) is 59.2 Å². The Labute approximate surface area is 184 Å². The first-order chi connectivity index (χ1) is 14.6. The second-order valence-electron chi connectivity index (χ2n) is 8.79. The van der Waals surface area contributed by atoms with Gasteiger partial charge in [0.15, 0.2) is 0 Å². The second kappa shape index (κ2) is 10.9. The lowest BCUT2D eigenvalue weighted by Crippen LogP contribution is -2.52. The maximum absolute atomic E-state index is 14.2. The van der Waals surface area contributed by atoms with E-state index < -0.39 is 17.4 Å². The number of benzene rings is 2. The summed E-state index contributed by atoms with van der Waals surface area (Å²) in [6.07, 6.45) is 0.696. The fraction of sp³-hybridized carbons (Fsp3) is 0.440. The van der Waals surface area contributed by atoms with Crippen LogP contribution in [0.2, 0.25) is 0 Å². The third-order valence-corrected chi connectivity index (χ3v) is 4.79. The number of hydrogen-bond acceptors (Lipinski definition) is 3. The number of ether oxygens (including phenoxy) is 1. The largest absolute Gasteiger partial charge is 0.494 e. The molecule has 0 aromatic heterocycles. The fourth-order valence-corrected chi connectivity index (χ4v) is 3.06. The van der Waals surface area contributed by atoms with Gasteiger partial charge in [-0.15, -0.1) is 0 Å². The average molecular weight is 429 g/mol. The molecule has 2 aromatic carbocycles. The lowest BCUT2D eigenvalue weighted by atomic mass is 10.1. The van der Waals surface area contributed by atoms with Crippen LogP contribution < -0.4 is 10.1 Å². The van der Waals surface area contributed by atoms with E-state index in [2.05, 4.69) is 5.32 Å². The molecule has 0 radical (unpaired) electrons. The van der Waals surface area contributed by atoms with Crippen molar-refractivity contribution in [3.63, 3.8) is 0 Å². The molecule has 1 N–H and O–H groups in total. The van der Waals surface area contributed by atoms with Crippen LogP contribution in [0.15, 0.2) is 48.5 Å². The highest BCUT2D eigenvalue weighted by atomic mass is 19.1. The summed E-state index contributed by atoms with van der Waals surface area (Å²) in [6, 6.07) is 13.3. The first-order valence-corrected chi connectivity index (χ1v) is 10.6. The number of nitrogens with zero attached hydrogens (tertiary/aromatic N) is 1. The van der Waals surface area contributed by atoms with Gasteiger partial charge in [0.2, 0.25) is 11.8 Å². The van der Waals surface area contributed by atoms with Crippen molar-refractivity contribution in [3.05, 3.63) is 65.5 Å². The van der Waals surface area contributed by atoms with Crippen LogP contribution in [0.5, 0.6) is 5.75 Å². The number of hydrogen-bond donors (Lipinski definition) is 1. The Morgan fingerprint density at radius 1 is 1.10 bits per heavy atom. The number of rotatable bonds is 9. The smallest absolute Gasteiger partial charge is 0.242 e. The van der Waals surface area contributed by atoms with Crippen molar-refractivity contribution in [3.8, 4) is 5.75 Å². The van der Waals surface area contributed by atoms with Gasteiger partial charge in [0.05, 0.1) is 6.61 Å². The molecule has 0 saturated carbocycles. The summed E-state index contributed by atoms with van der Waals surface area (Å²) in [7, 11) is 0. The van der Waals surface area contributed by atoms with Gasteiger partial charge in [-0.1, -0.05) is 35.9 Å². The normalized spacial score (nSPS) is 12.2. The van der Waals surface area contributed by atoms with E-state index in [1.54, 1.807) is 25.1 Å². The van der Waals surface area contributed by atoms with Crippen molar-refractivity contribution in [1.29, 1.82) is 0 Å².